The van der Waals surface area contributed by atoms with Crippen LogP contribution in [0.3, 0.4) is 0 Å². The van der Waals surface area contributed by atoms with E-state index in [1.165, 1.54) is 4.90 Å². The lowest BCUT2D eigenvalue weighted by Gasteiger charge is -2.42. The Hall–Kier alpha value is -2.83. The van der Waals surface area contributed by atoms with E-state index >= 15 is 0 Å². The quantitative estimate of drug-likeness (QED) is 0.627. The first-order valence-corrected chi connectivity index (χ1v) is 10.8. The Labute approximate surface area is 186 Å². The molecular weight excluding hydrogens is 412 g/mol. The van der Waals surface area contributed by atoms with E-state index in [4.69, 9.17) is 11.6 Å². The van der Waals surface area contributed by atoms with Gasteiger partial charge in [0.2, 0.25) is 0 Å². The molecule has 3 amide bonds. The van der Waals surface area contributed by atoms with E-state index in [-0.39, 0.29) is 18.0 Å². The van der Waals surface area contributed by atoms with Gasteiger partial charge in [-0.05, 0) is 50.3 Å². The summed E-state index contributed by atoms with van der Waals surface area (Å²) in [5.74, 6) is -0.137. The molecule has 31 heavy (non-hydrogen) atoms. The third-order valence-electron chi connectivity index (χ3n) is 6.51. The SMILES string of the molecule is CN(C)CCN1C(=O)N2C(c3ccccc3)c3[nH]c4ccc(Cl)cc4c3CC2(C)C1=O. The van der Waals surface area contributed by atoms with Crippen LogP contribution < -0.4 is 0 Å². The van der Waals surface area contributed by atoms with Crippen molar-refractivity contribution in [2.24, 2.45) is 0 Å². The first-order valence-electron chi connectivity index (χ1n) is 10.5. The van der Waals surface area contributed by atoms with Crippen LogP contribution in [0.1, 0.15) is 29.8 Å². The Bertz CT molecular complexity index is 1190. The highest BCUT2D eigenvalue weighted by atomic mass is 35.5. The summed E-state index contributed by atoms with van der Waals surface area (Å²) in [5, 5.41) is 1.66. The third-order valence-corrected chi connectivity index (χ3v) is 6.75. The summed E-state index contributed by atoms with van der Waals surface area (Å²) in [5.41, 5.74) is 3.00. The van der Waals surface area contributed by atoms with Gasteiger partial charge in [0.15, 0.2) is 0 Å². The summed E-state index contributed by atoms with van der Waals surface area (Å²) in [6, 6.07) is 15.1. The van der Waals surface area contributed by atoms with Gasteiger partial charge in [-0.25, -0.2) is 4.79 Å². The number of benzene rings is 2. The number of H-pyrrole nitrogens is 1. The number of likely N-dealkylation sites (N-methyl/N-ethyl adjacent to an activating group) is 1. The van der Waals surface area contributed by atoms with Crippen molar-refractivity contribution >= 4 is 34.4 Å². The van der Waals surface area contributed by atoms with Gasteiger partial charge < -0.3 is 9.88 Å². The number of nitrogens with one attached hydrogen (secondary N) is 1. The van der Waals surface area contributed by atoms with Crippen LogP contribution in [0.25, 0.3) is 10.9 Å². The van der Waals surface area contributed by atoms with Crippen molar-refractivity contribution in [2.45, 2.75) is 24.9 Å². The zero-order chi connectivity index (χ0) is 21.9. The topological polar surface area (TPSA) is 59.6 Å². The average Bonchev–Trinajstić information content (AvgIpc) is 3.18. The molecule has 3 heterocycles. The number of carbonyl (C=O) groups is 2. The highest BCUT2D eigenvalue weighted by Crippen LogP contribution is 2.48. The maximum absolute atomic E-state index is 13.6. The number of urea groups is 1. The van der Waals surface area contributed by atoms with Crippen molar-refractivity contribution in [1.82, 2.24) is 19.7 Å². The Morgan fingerprint density at radius 1 is 1.16 bits per heavy atom. The van der Waals surface area contributed by atoms with Gasteiger partial charge in [0, 0.05) is 41.1 Å². The molecule has 0 radical (unpaired) electrons. The first-order chi connectivity index (χ1) is 14.8. The van der Waals surface area contributed by atoms with E-state index in [1.54, 1.807) is 4.90 Å². The molecule has 1 fully saturated rings. The van der Waals surface area contributed by atoms with E-state index in [0.29, 0.717) is 24.5 Å². The highest BCUT2D eigenvalue weighted by molar-refractivity contribution is 6.31. The van der Waals surface area contributed by atoms with Crippen molar-refractivity contribution in [2.75, 3.05) is 27.2 Å². The minimum absolute atomic E-state index is 0.137. The van der Waals surface area contributed by atoms with E-state index < -0.39 is 5.54 Å². The van der Waals surface area contributed by atoms with Gasteiger partial charge in [-0.1, -0.05) is 41.9 Å². The van der Waals surface area contributed by atoms with Crippen molar-refractivity contribution in [3.8, 4) is 0 Å². The van der Waals surface area contributed by atoms with E-state index in [0.717, 1.165) is 27.7 Å². The molecule has 7 heteroatoms. The molecule has 0 saturated carbocycles. The number of imide groups is 1. The van der Waals surface area contributed by atoms with Crippen LogP contribution in [-0.2, 0) is 11.2 Å². The molecule has 2 aliphatic heterocycles. The minimum atomic E-state index is -0.950. The van der Waals surface area contributed by atoms with E-state index in [9.17, 15) is 9.59 Å². The molecular formula is C24H25ClN4O2. The summed E-state index contributed by atoms with van der Waals surface area (Å²) < 4.78 is 0. The van der Waals surface area contributed by atoms with Crippen LogP contribution in [0.2, 0.25) is 5.02 Å². The summed E-state index contributed by atoms with van der Waals surface area (Å²) in [7, 11) is 3.88. The van der Waals surface area contributed by atoms with Crippen molar-refractivity contribution in [1.29, 1.82) is 0 Å². The van der Waals surface area contributed by atoms with Crippen LogP contribution in [0.4, 0.5) is 4.79 Å². The molecule has 2 atom stereocenters. The van der Waals surface area contributed by atoms with Crippen molar-refractivity contribution in [3.63, 3.8) is 0 Å². The predicted molar refractivity (Wildman–Crippen MR) is 121 cm³/mol. The lowest BCUT2D eigenvalue weighted by molar-refractivity contribution is -0.133. The van der Waals surface area contributed by atoms with Crippen LogP contribution >= 0.6 is 11.6 Å². The Kier molecular flexibility index (Phi) is 4.61. The van der Waals surface area contributed by atoms with Gasteiger partial charge in [0.05, 0.1) is 0 Å². The standard InChI is InChI=1S/C24H25ClN4O2/c1-24-14-18-17-13-16(25)9-10-19(17)26-20(18)21(15-7-5-4-6-8-15)29(24)23(31)28(22(24)30)12-11-27(2)3/h4-10,13,21,26H,11-12,14H2,1-3H3. The number of hydrogen-bond acceptors (Lipinski definition) is 3. The van der Waals surface area contributed by atoms with E-state index in [1.807, 2.05) is 74.4 Å². The third kappa shape index (κ3) is 2.97. The molecule has 0 bridgehead atoms. The predicted octanol–water partition coefficient (Wildman–Crippen LogP) is 4.05. The fourth-order valence-corrected chi connectivity index (χ4v) is 5.14. The fourth-order valence-electron chi connectivity index (χ4n) is 4.96. The number of nitrogens with zero attached hydrogens (tertiary/aromatic N) is 3. The smallest absolute Gasteiger partial charge is 0.328 e. The van der Waals surface area contributed by atoms with Crippen LogP contribution in [-0.4, -0.2) is 64.3 Å². The second-order valence-corrected chi connectivity index (χ2v) is 9.32. The number of carbonyl (C=O) groups excluding carboxylic acids is 2. The molecule has 6 nitrogen and oxygen atoms in total. The zero-order valence-corrected chi connectivity index (χ0v) is 18.6. The van der Waals surface area contributed by atoms with Crippen LogP contribution in [0.15, 0.2) is 48.5 Å². The highest BCUT2D eigenvalue weighted by Gasteiger charge is 2.60. The number of hydrogen-bond donors (Lipinski definition) is 1. The largest absolute Gasteiger partial charge is 0.356 e. The van der Waals surface area contributed by atoms with Gasteiger partial charge in [-0.2, -0.15) is 0 Å². The molecule has 2 unspecified atom stereocenters. The minimum Gasteiger partial charge on any atom is -0.356 e. The average molecular weight is 437 g/mol. The normalized spacial score (nSPS) is 23.1. The lowest BCUT2D eigenvalue weighted by atomic mass is 9.81. The van der Waals surface area contributed by atoms with Gasteiger partial charge in [0.1, 0.15) is 11.6 Å². The number of rotatable bonds is 4. The molecule has 1 aromatic heterocycles. The maximum Gasteiger partial charge on any atom is 0.328 e. The molecule has 0 spiro atoms. The second kappa shape index (κ2) is 7.11. The number of halogens is 1. The summed E-state index contributed by atoms with van der Waals surface area (Å²) in [6.45, 7) is 2.89. The molecule has 2 aromatic carbocycles. The number of fused-ring (bicyclic) bond motifs is 4. The van der Waals surface area contributed by atoms with Crippen LogP contribution in [0, 0.1) is 0 Å². The monoisotopic (exact) mass is 436 g/mol. The number of aromatic amines is 1. The van der Waals surface area contributed by atoms with Gasteiger partial charge in [-0.3, -0.25) is 14.6 Å². The Morgan fingerprint density at radius 3 is 2.61 bits per heavy atom. The first kappa shape index (κ1) is 20.1. The molecule has 160 valence electrons. The Balaban J connectivity index is 1.71. The van der Waals surface area contributed by atoms with Gasteiger partial charge >= 0.3 is 6.03 Å². The molecule has 5 rings (SSSR count). The summed E-state index contributed by atoms with van der Waals surface area (Å²) in [6.07, 6.45) is 0.453. The number of aromatic nitrogens is 1. The molecule has 1 N–H and O–H groups in total. The second-order valence-electron chi connectivity index (χ2n) is 8.88. The van der Waals surface area contributed by atoms with Gasteiger partial charge in [0.25, 0.3) is 5.91 Å². The molecule has 3 aromatic rings. The van der Waals surface area contributed by atoms with Crippen LogP contribution in [0.5, 0.6) is 0 Å². The lowest BCUT2D eigenvalue weighted by Crippen LogP contribution is -2.53. The van der Waals surface area contributed by atoms with Gasteiger partial charge in [-0.15, -0.1) is 0 Å². The zero-order valence-electron chi connectivity index (χ0n) is 17.9. The Morgan fingerprint density at radius 2 is 1.90 bits per heavy atom. The number of amides is 3. The maximum atomic E-state index is 13.6. The fraction of sp³-hybridized carbons (Fsp3) is 0.333. The van der Waals surface area contributed by atoms with Crippen molar-refractivity contribution < 1.29 is 9.59 Å². The summed E-state index contributed by atoms with van der Waals surface area (Å²) in [4.78, 5) is 35.9. The van der Waals surface area contributed by atoms with Crippen molar-refractivity contribution in [3.05, 3.63) is 70.4 Å². The molecule has 1 saturated heterocycles. The molecule has 0 aliphatic carbocycles. The summed E-state index contributed by atoms with van der Waals surface area (Å²) >= 11 is 6.31. The molecule has 2 aliphatic rings. The van der Waals surface area contributed by atoms with E-state index in [2.05, 4.69) is 4.98 Å².